The summed E-state index contributed by atoms with van der Waals surface area (Å²) in [7, 11) is 1.54. The van der Waals surface area contributed by atoms with E-state index in [1.54, 1.807) is 25.2 Å². The molecule has 1 saturated heterocycles. The lowest BCUT2D eigenvalue weighted by atomic mass is 10.0. The van der Waals surface area contributed by atoms with E-state index in [9.17, 15) is 14.0 Å². The molecule has 0 saturated carbocycles. The second kappa shape index (κ2) is 9.43. The number of hydrogen-bond donors (Lipinski definition) is 3. The molecule has 0 bridgehead atoms. The molecular weight excluding hydrogens is 359 g/mol. The Balaban J connectivity index is 1.71. The van der Waals surface area contributed by atoms with Crippen LogP contribution in [0.4, 0.5) is 4.39 Å². The van der Waals surface area contributed by atoms with Crippen LogP contribution in [0.1, 0.15) is 23.2 Å². The molecule has 2 unspecified atom stereocenters. The van der Waals surface area contributed by atoms with Gasteiger partial charge in [-0.1, -0.05) is 42.5 Å². The van der Waals surface area contributed by atoms with E-state index in [2.05, 4.69) is 16.0 Å². The Kier molecular flexibility index (Phi) is 6.73. The number of piperazine rings is 1. The van der Waals surface area contributed by atoms with Crippen LogP contribution in [0, 0.1) is 5.82 Å². The number of hydrogen-bond acceptors (Lipinski definition) is 4. The molecule has 3 rings (SSSR count). The molecule has 0 radical (unpaired) electrons. The lowest BCUT2D eigenvalue weighted by Crippen LogP contribution is -2.50. The molecule has 28 heavy (non-hydrogen) atoms. The number of halogens is 1. The van der Waals surface area contributed by atoms with E-state index >= 15 is 0 Å². The van der Waals surface area contributed by atoms with Crippen molar-refractivity contribution in [2.45, 2.75) is 12.1 Å². The van der Waals surface area contributed by atoms with Gasteiger partial charge in [0, 0.05) is 32.7 Å². The molecule has 0 aliphatic carbocycles. The zero-order chi connectivity index (χ0) is 19.9. The molecule has 1 fully saturated rings. The van der Waals surface area contributed by atoms with Gasteiger partial charge in [-0.25, -0.2) is 4.39 Å². The van der Waals surface area contributed by atoms with Crippen molar-refractivity contribution < 1.29 is 14.0 Å². The fourth-order valence-corrected chi connectivity index (χ4v) is 3.46. The molecule has 2 aromatic rings. The smallest absolute Gasteiger partial charge is 0.246 e. The molecule has 0 spiro atoms. The van der Waals surface area contributed by atoms with Gasteiger partial charge in [0.1, 0.15) is 11.9 Å². The van der Waals surface area contributed by atoms with Crippen molar-refractivity contribution in [3.63, 3.8) is 0 Å². The SMILES string of the molecule is CNC(=O)C(NC(=O)CN1CCNCC1c1cccc(F)c1)c1ccccc1. The topological polar surface area (TPSA) is 73.5 Å². The molecular formula is C21H25FN4O2. The highest BCUT2D eigenvalue weighted by Crippen LogP contribution is 2.23. The van der Waals surface area contributed by atoms with Crippen LogP contribution in [0.2, 0.25) is 0 Å². The summed E-state index contributed by atoms with van der Waals surface area (Å²) in [5.41, 5.74) is 1.54. The maximum Gasteiger partial charge on any atom is 0.246 e. The Morgan fingerprint density at radius 1 is 1.21 bits per heavy atom. The molecule has 2 aromatic carbocycles. The van der Waals surface area contributed by atoms with Gasteiger partial charge in [0.25, 0.3) is 0 Å². The van der Waals surface area contributed by atoms with E-state index in [1.165, 1.54) is 12.1 Å². The van der Waals surface area contributed by atoms with Crippen LogP contribution in [-0.4, -0.2) is 49.9 Å². The van der Waals surface area contributed by atoms with Crippen molar-refractivity contribution in [2.75, 3.05) is 33.2 Å². The number of rotatable bonds is 6. The van der Waals surface area contributed by atoms with Crippen LogP contribution in [0.3, 0.4) is 0 Å². The molecule has 0 aromatic heterocycles. The molecule has 1 aliphatic rings. The summed E-state index contributed by atoms with van der Waals surface area (Å²) < 4.78 is 13.6. The maximum atomic E-state index is 13.6. The third-order valence-corrected chi connectivity index (χ3v) is 4.88. The molecule has 3 N–H and O–H groups in total. The predicted molar refractivity (Wildman–Crippen MR) is 105 cm³/mol. The van der Waals surface area contributed by atoms with Crippen molar-refractivity contribution in [3.05, 3.63) is 71.5 Å². The van der Waals surface area contributed by atoms with Crippen molar-refractivity contribution >= 4 is 11.8 Å². The van der Waals surface area contributed by atoms with Crippen LogP contribution in [0.25, 0.3) is 0 Å². The monoisotopic (exact) mass is 384 g/mol. The molecule has 2 atom stereocenters. The first-order chi connectivity index (χ1) is 13.6. The maximum absolute atomic E-state index is 13.6. The highest BCUT2D eigenvalue weighted by Gasteiger charge is 2.28. The fraction of sp³-hybridized carbons (Fsp3) is 0.333. The van der Waals surface area contributed by atoms with E-state index in [4.69, 9.17) is 0 Å². The van der Waals surface area contributed by atoms with Gasteiger partial charge in [-0.15, -0.1) is 0 Å². The number of carbonyl (C=O) groups is 2. The second-order valence-corrected chi connectivity index (χ2v) is 6.77. The van der Waals surface area contributed by atoms with Gasteiger partial charge >= 0.3 is 0 Å². The molecule has 7 heteroatoms. The number of amides is 2. The van der Waals surface area contributed by atoms with E-state index in [0.717, 1.165) is 17.7 Å². The summed E-state index contributed by atoms with van der Waals surface area (Å²) in [6.07, 6.45) is 0. The fourth-order valence-electron chi connectivity index (χ4n) is 3.46. The lowest BCUT2D eigenvalue weighted by molar-refractivity contribution is -0.130. The van der Waals surface area contributed by atoms with Gasteiger partial charge in [0.05, 0.1) is 6.54 Å². The first-order valence-corrected chi connectivity index (χ1v) is 9.34. The van der Waals surface area contributed by atoms with E-state index in [1.807, 2.05) is 29.2 Å². The number of nitrogens with one attached hydrogen (secondary N) is 3. The van der Waals surface area contributed by atoms with Gasteiger partial charge in [-0.3, -0.25) is 14.5 Å². The van der Waals surface area contributed by atoms with Gasteiger partial charge in [0.2, 0.25) is 11.8 Å². The standard InChI is InChI=1S/C21H25FN4O2/c1-23-21(28)20(15-6-3-2-4-7-15)25-19(27)14-26-11-10-24-13-18(26)16-8-5-9-17(22)12-16/h2-9,12,18,20,24H,10-11,13-14H2,1H3,(H,23,28)(H,25,27). The van der Waals surface area contributed by atoms with Crippen LogP contribution in [0.15, 0.2) is 54.6 Å². The lowest BCUT2D eigenvalue weighted by Gasteiger charge is -2.36. The average molecular weight is 384 g/mol. The summed E-state index contributed by atoms with van der Waals surface area (Å²) in [6, 6.07) is 14.7. The van der Waals surface area contributed by atoms with Crippen LogP contribution >= 0.6 is 0 Å². The third-order valence-electron chi connectivity index (χ3n) is 4.88. The minimum atomic E-state index is -0.755. The van der Waals surface area contributed by atoms with Crippen molar-refractivity contribution in [1.82, 2.24) is 20.9 Å². The summed E-state index contributed by atoms with van der Waals surface area (Å²) in [5, 5.41) is 8.71. The molecule has 6 nitrogen and oxygen atoms in total. The molecule has 1 heterocycles. The van der Waals surface area contributed by atoms with Crippen LogP contribution in [-0.2, 0) is 9.59 Å². The van der Waals surface area contributed by atoms with Crippen LogP contribution in [0.5, 0.6) is 0 Å². The third kappa shape index (κ3) is 4.94. The van der Waals surface area contributed by atoms with Gasteiger partial charge < -0.3 is 16.0 Å². The zero-order valence-corrected chi connectivity index (χ0v) is 15.8. The Bertz CT molecular complexity index is 815. The minimum Gasteiger partial charge on any atom is -0.357 e. The summed E-state index contributed by atoms with van der Waals surface area (Å²) in [5.74, 6) is -0.821. The number of likely N-dealkylation sites (N-methyl/N-ethyl adjacent to an activating group) is 1. The zero-order valence-electron chi connectivity index (χ0n) is 15.8. The Morgan fingerprint density at radius 2 is 2.00 bits per heavy atom. The quantitative estimate of drug-likeness (QED) is 0.704. The van der Waals surface area contributed by atoms with Gasteiger partial charge in [0.15, 0.2) is 0 Å². The first kappa shape index (κ1) is 20.0. The Hall–Kier alpha value is -2.77. The first-order valence-electron chi connectivity index (χ1n) is 9.34. The normalized spacial score (nSPS) is 18.3. The van der Waals surface area contributed by atoms with Crippen molar-refractivity contribution in [1.29, 1.82) is 0 Å². The highest BCUT2D eigenvalue weighted by atomic mass is 19.1. The number of carbonyl (C=O) groups excluding carboxylic acids is 2. The minimum absolute atomic E-state index is 0.106. The highest BCUT2D eigenvalue weighted by molar-refractivity contribution is 5.89. The summed E-state index contributed by atoms with van der Waals surface area (Å²) >= 11 is 0. The van der Waals surface area contributed by atoms with Gasteiger partial charge in [-0.05, 0) is 23.3 Å². The van der Waals surface area contributed by atoms with Crippen LogP contribution < -0.4 is 16.0 Å². The Labute approximate surface area is 164 Å². The Morgan fingerprint density at radius 3 is 2.71 bits per heavy atom. The van der Waals surface area contributed by atoms with E-state index in [-0.39, 0.29) is 30.2 Å². The van der Waals surface area contributed by atoms with Crippen molar-refractivity contribution in [3.8, 4) is 0 Å². The number of benzene rings is 2. The molecule has 148 valence electrons. The largest absolute Gasteiger partial charge is 0.357 e. The van der Waals surface area contributed by atoms with Crippen molar-refractivity contribution in [2.24, 2.45) is 0 Å². The average Bonchev–Trinajstić information content (AvgIpc) is 2.72. The second-order valence-electron chi connectivity index (χ2n) is 6.77. The predicted octanol–water partition coefficient (Wildman–Crippen LogP) is 1.38. The number of nitrogens with zero attached hydrogens (tertiary/aromatic N) is 1. The molecule has 1 aliphatic heterocycles. The summed E-state index contributed by atoms with van der Waals surface area (Å²) in [4.78, 5) is 27.0. The van der Waals surface area contributed by atoms with E-state index < -0.39 is 6.04 Å². The summed E-state index contributed by atoms with van der Waals surface area (Å²) in [6.45, 7) is 2.17. The molecule has 2 amide bonds. The van der Waals surface area contributed by atoms with Gasteiger partial charge in [-0.2, -0.15) is 0 Å². The van der Waals surface area contributed by atoms with E-state index in [0.29, 0.717) is 13.1 Å².